The molecule has 1 fully saturated rings. The molecule has 0 N–H and O–H groups in total. The number of benzene rings is 1. The number of likely N-dealkylation sites (N-methyl/N-ethyl adjacent to an activating group) is 1. The van der Waals surface area contributed by atoms with E-state index in [1.54, 1.807) is 0 Å². The van der Waals surface area contributed by atoms with Gasteiger partial charge in [-0.25, -0.2) is 0 Å². The highest BCUT2D eigenvalue weighted by Crippen LogP contribution is 2.33. The smallest absolute Gasteiger partial charge is 0.120 e. The number of halogens is 2. The summed E-state index contributed by atoms with van der Waals surface area (Å²) in [5.74, 6) is 0.889. The van der Waals surface area contributed by atoms with E-state index in [2.05, 4.69) is 40.0 Å². The van der Waals surface area contributed by atoms with Gasteiger partial charge in [-0.05, 0) is 41.2 Å². The van der Waals surface area contributed by atoms with Gasteiger partial charge in [0.2, 0.25) is 0 Å². The van der Waals surface area contributed by atoms with Crippen LogP contribution in [0.4, 0.5) is 0 Å². The molecule has 0 amide bonds. The second kappa shape index (κ2) is 4.87. The molecule has 96 valence electrons. The highest BCUT2D eigenvalue weighted by molar-refractivity contribution is 9.10. The van der Waals surface area contributed by atoms with E-state index >= 15 is 0 Å². The van der Waals surface area contributed by atoms with Crippen LogP contribution in [0.3, 0.4) is 0 Å². The number of hydrogen-bond acceptors (Lipinski definition) is 2. The number of piperidine rings is 1. The van der Waals surface area contributed by atoms with Crippen molar-refractivity contribution in [1.29, 1.82) is 0 Å². The zero-order valence-electron chi connectivity index (χ0n) is 10.1. The number of fused-ring (bicyclic) bond motifs is 2. The highest BCUT2D eigenvalue weighted by atomic mass is 79.9. The molecule has 1 aromatic carbocycles. The first kappa shape index (κ1) is 12.5. The Kier molecular flexibility index (Phi) is 3.39. The lowest BCUT2D eigenvalue weighted by atomic mass is 9.99. The second-order valence-corrected chi connectivity index (χ2v) is 6.23. The lowest BCUT2D eigenvalue weighted by molar-refractivity contribution is 0.0751. The monoisotopic (exact) mass is 327 g/mol. The standard InChI is InChI=1S/C14H15BrClNO/c1-17-9-2-3-10(17)7-12(6-9)18-11-4-5-14(16)13(15)8-11/h2-5,8-10,12H,6-7H2,1H3. The molecule has 2 unspecified atom stereocenters. The van der Waals surface area contributed by atoms with Crippen molar-refractivity contribution in [3.05, 3.63) is 39.8 Å². The van der Waals surface area contributed by atoms with Crippen LogP contribution in [0.25, 0.3) is 0 Å². The van der Waals surface area contributed by atoms with Crippen molar-refractivity contribution in [2.45, 2.75) is 31.0 Å². The van der Waals surface area contributed by atoms with Gasteiger partial charge in [-0.1, -0.05) is 23.8 Å². The van der Waals surface area contributed by atoms with Crippen molar-refractivity contribution in [3.8, 4) is 5.75 Å². The van der Waals surface area contributed by atoms with Crippen LogP contribution in [-0.4, -0.2) is 30.1 Å². The highest BCUT2D eigenvalue weighted by Gasteiger charge is 2.35. The Bertz CT molecular complexity index is 475. The first-order chi connectivity index (χ1) is 8.63. The molecular weight excluding hydrogens is 314 g/mol. The van der Waals surface area contributed by atoms with E-state index in [1.165, 1.54) is 0 Å². The largest absolute Gasteiger partial charge is 0.490 e. The van der Waals surface area contributed by atoms with E-state index in [0.717, 1.165) is 23.1 Å². The molecule has 2 bridgehead atoms. The van der Waals surface area contributed by atoms with Gasteiger partial charge in [0, 0.05) is 29.4 Å². The third-order valence-electron chi connectivity index (χ3n) is 3.80. The maximum Gasteiger partial charge on any atom is 0.120 e. The number of ether oxygens (including phenoxy) is 1. The van der Waals surface area contributed by atoms with Gasteiger partial charge in [-0.15, -0.1) is 0 Å². The molecule has 1 saturated heterocycles. The zero-order valence-corrected chi connectivity index (χ0v) is 12.5. The van der Waals surface area contributed by atoms with Crippen molar-refractivity contribution < 1.29 is 4.74 Å². The lowest BCUT2D eigenvalue weighted by Gasteiger charge is -2.36. The number of rotatable bonds is 2. The predicted molar refractivity (Wildman–Crippen MR) is 77.3 cm³/mol. The predicted octanol–water partition coefficient (Wildman–Crippen LogP) is 3.88. The SMILES string of the molecule is CN1C2C=CC1CC(Oc1ccc(Cl)c(Br)c1)C2. The van der Waals surface area contributed by atoms with E-state index in [9.17, 15) is 0 Å². The van der Waals surface area contributed by atoms with Gasteiger partial charge in [-0.2, -0.15) is 0 Å². The maximum atomic E-state index is 6.06. The van der Waals surface area contributed by atoms with E-state index < -0.39 is 0 Å². The molecule has 2 aliphatic rings. The Morgan fingerprint density at radius 3 is 2.56 bits per heavy atom. The van der Waals surface area contributed by atoms with Crippen molar-refractivity contribution in [1.82, 2.24) is 4.90 Å². The minimum Gasteiger partial charge on any atom is -0.490 e. The van der Waals surface area contributed by atoms with Crippen LogP contribution in [0.2, 0.25) is 5.02 Å². The van der Waals surface area contributed by atoms with Crippen LogP contribution in [0.1, 0.15) is 12.8 Å². The zero-order chi connectivity index (χ0) is 12.7. The quantitative estimate of drug-likeness (QED) is 0.764. The third-order valence-corrected chi connectivity index (χ3v) is 5.02. The minimum atomic E-state index is 0.291. The normalized spacial score (nSPS) is 30.7. The van der Waals surface area contributed by atoms with Crippen molar-refractivity contribution in [2.24, 2.45) is 0 Å². The Labute approximate surface area is 121 Å². The van der Waals surface area contributed by atoms with Crippen LogP contribution in [0.5, 0.6) is 5.75 Å². The fourth-order valence-electron chi connectivity index (χ4n) is 2.74. The fourth-order valence-corrected chi connectivity index (χ4v) is 3.21. The Morgan fingerprint density at radius 2 is 1.94 bits per heavy atom. The minimum absolute atomic E-state index is 0.291. The first-order valence-electron chi connectivity index (χ1n) is 6.15. The van der Waals surface area contributed by atoms with Gasteiger partial charge < -0.3 is 4.74 Å². The van der Waals surface area contributed by atoms with Gasteiger partial charge in [0.15, 0.2) is 0 Å². The van der Waals surface area contributed by atoms with E-state index in [-0.39, 0.29) is 0 Å². The van der Waals surface area contributed by atoms with Crippen LogP contribution in [-0.2, 0) is 0 Å². The van der Waals surface area contributed by atoms with E-state index in [1.807, 2.05) is 18.2 Å². The molecule has 2 atom stereocenters. The molecule has 2 nitrogen and oxygen atoms in total. The average molecular weight is 329 g/mol. The molecule has 2 heterocycles. The Balaban J connectivity index is 1.69. The molecule has 4 heteroatoms. The van der Waals surface area contributed by atoms with Crippen LogP contribution >= 0.6 is 27.5 Å². The Hall–Kier alpha value is -0.510. The topological polar surface area (TPSA) is 12.5 Å². The van der Waals surface area contributed by atoms with Crippen molar-refractivity contribution >= 4 is 27.5 Å². The van der Waals surface area contributed by atoms with Crippen LogP contribution < -0.4 is 4.74 Å². The van der Waals surface area contributed by atoms with Gasteiger partial charge in [0.25, 0.3) is 0 Å². The molecule has 0 aliphatic carbocycles. The molecule has 0 radical (unpaired) electrons. The van der Waals surface area contributed by atoms with Gasteiger partial charge in [-0.3, -0.25) is 4.90 Å². The lowest BCUT2D eigenvalue weighted by Crippen LogP contribution is -2.44. The fraction of sp³-hybridized carbons (Fsp3) is 0.429. The number of hydrogen-bond donors (Lipinski definition) is 0. The van der Waals surface area contributed by atoms with Crippen molar-refractivity contribution in [3.63, 3.8) is 0 Å². The molecular formula is C14H15BrClNO. The molecule has 2 aliphatic heterocycles. The molecule has 18 heavy (non-hydrogen) atoms. The number of nitrogens with zero attached hydrogens (tertiary/aromatic N) is 1. The summed E-state index contributed by atoms with van der Waals surface area (Å²) >= 11 is 9.40. The molecule has 3 rings (SSSR count). The van der Waals surface area contributed by atoms with Crippen LogP contribution in [0, 0.1) is 0 Å². The third kappa shape index (κ3) is 2.31. The summed E-state index contributed by atoms with van der Waals surface area (Å²) in [6.45, 7) is 0. The van der Waals surface area contributed by atoms with Gasteiger partial charge in [0.05, 0.1) is 5.02 Å². The molecule has 1 aromatic rings. The summed E-state index contributed by atoms with van der Waals surface area (Å²) in [5.41, 5.74) is 0. The van der Waals surface area contributed by atoms with Gasteiger partial charge in [0.1, 0.15) is 11.9 Å². The summed E-state index contributed by atoms with van der Waals surface area (Å²) in [5, 5.41) is 0.715. The second-order valence-electron chi connectivity index (χ2n) is 4.97. The van der Waals surface area contributed by atoms with E-state index in [4.69, 9.17) is 16.3 Å². The maximum absolute atomic E-state index is 6.06. The molecule has 0 saturated carbocycles. The van der Waals surface area contributed by atoms with Crippen molar-refractivity contribution in [2.75, 3.05) is 7.05 Å². The molecule has 0 spiro atoms. The summed E-state index contributed by atoms with van der Waals surface area (Å²) in [6.07, 6.45) is 7.00. The summed E-state index contributed by atoms with van der Waals surface area (Å²) in [7, 11) is 2.18. The summed E-state index contributed by atoms with van der Waals surface area (Å²) in [4.78, 5) is 2.41. The average Bonchev–Trinajstić information content (AvgIpc) is 2.58. The first-order valence-corrected chi connectivity index (χ1v) is 7.32. The van der Waals surface area contributed by atoms with E-state index in [0.29, 0.717) is 23.2 Å². The Morgan fingerprint density at radius 1 is 1.28 bits per heavy atom. The van der Waals surface area contributed by atoms with Crippen LogP contribution in [0.15, 0.2) is 34.8 Å². The summed E-state index contributed by atoms with van der Waals surface area (Å²) in [6, 6.07) is 6.80. The van der Waals surface area contributed by atoms with Gasteiger partial charge >= 0.3 is 0 Å². The molecule has 0 aromatic heterocycles. The summed E-state index contributed by atoms with van der Waals surface area (Å²) < 4.78 is 6.95.